The molecule has 0 aromatic carbocycles. The van der Waals surface area contributed by atoms with Gasteiger partial charge in [0.05, 0.1) is 12.6 Å². The van der Waals surface area contributed by atoms with Gasteiger partial charge < -0.3 is 5.11 Å². The van der Waals surface area contributed by atoms with Crippen LogP contribution in [-0.2, 0) is 0 Å². The number of azide groups is 2. The smallest absolute Gasteiger partial charge is 0.0599 e. The topological polar surface area (TPSA) is 118 Å². The number of aliphatic hydroxyl groups excluding tert-OH is 1. The summed E-state index contributed by atoms with van der Waals surface area (Å²) in [5.41, 5.74) is 16.7. The second-order valence-corrected chi connectivity index (χ2v) is 4.47. The molecule has 0 aromatic rings. The molecule has 0 aromatic heterocycles. The maximum Gasteiger partial charge on any atom is 0.0599 e. The zero-order valence-corrected chi connectivity index (χ0v) is 9.81. The molecule has 0 amide bonds. The van der Waals surface area contributed by atoms with Crippen LogP contribution in [0.4, 0.5) is 0 Å². The van der Waals surface area contributed by atoms with E-state index in [1.807, 2.05) is 0 Å². The third-order valence-corrected chi connectivity index (χ3v) is 3.25. The Balaban J connectivity index is 2.56. The molecule has 0 spiro atoms. The van der Waals surface area contributed by atoms with E-state index in [2.05, 4.69) is 20.1 Å². The van der Waals surface area contributed by atoms with Gasteiger partial charge in [0, 0.05) is 15.9 Å². The molecule has 1 rings (SSSR count). The highest BCUT2D eigenvalue weighted by molar-refractivity contribution is 4.82. The van der Waals surface area contributed by atoms with Crippen molar-refractivity contribution in [2.75, 3.05) is 6.54 Å². The van der Waals surface area contributed by atoms with Crippen LogP contribution < -0.4 is 0 Å². The Kier molecular flexibility index (Phi) is 6.25. The lowest BCUT2D eigenvalue weighted by molar-refractivity contribution is 0.139. The largest absolute Gasteiger partial charge is 0.393 e. The van der Waals surface area contributed by atoms with E-state index >= 15 is 0 Å². The number of rotatable bonds is 5. The Morgan fingerprint density at radius 3 is 2.65 bits per heavy atom. The molecule has 0 aliphatic heterocycles. The average molecular weight is 238 g/mol. The fraction of sp³-hybridized carbons (Fsp3) is 1.00. The molecule has 7 heteroatoms. The van der Waals surface area contributed by atoms with Crippen molar-refractivity contribution in [1.82, 2.24) is 0 Å². The summed E-state index contributed by atoms with van der Waals surface area (Å²) < 4.78 is 0. The molecule has 1 aliphatic carbocycles. The molecule has 7 nitrogen and oxygen atoms in total. The fourth-order valence-electron chi connectivity index (χ4n) is 2.41. The lowest BCUT2D eigenvalue weighted by Crippen LogP contribution is -2.24. The number of hydrogen-bond acceptors (Lipinski definition) is 3. The predicted octanol–water partition coefficient (Wildman–Crippen LogP) is 3.31. The van der Waals surface area contributed by atoms with Crippen LogP contribution in [0.3, 0.4) is 0 Å². The van der Waals surface area contributed by atoms with Crippen molar-refractivity contribution in [3.8, 4) is 0 Å². The quantitative estimate of drug-likeness (QED) is 0.336. The zero-order chi connectivity index (χ0) is 12.5. The van der Waals surface area contributed by atoms with Crippen LogP contribution in [0.25, 0.3) is 20.9 Å². The molecular formula is C10H18N6O. The lowest BCUT2D eigenvalue weighted by Gasteiger charge is -2.22. The summed E-state index contributed by atoms with van der Waals surface area (Å²) in [6.45, 7) is 0.0932. The molecule has 17 heavy (non-hydrogen) atoms. The Bertz CT molecular complexity index is 321. The highest BCUT2D eigenvalue weighted by Gasteiger charge is 2.24. The van der Waals surface area contributed by atoms with Crippen LogP contribution in [0.2, 0.25) is 0 Å². The predicted molar refractivity (Wildman–Crippen MR) is 64.1 cm³/mol. The molecule has 1 unspecified atom stereocenters. The van der Waals surface area contributed by atoms with E-state index < -0.39 is 6.10 Å². The van der Waals surface area contributed by atoms with Crippen LogP contribution in [0.1, 0.15) is 38.5 Å². The minimum atomic E-state index is -0.634. The van der Waals surface area contributed by atoms with E-state index in [-0.39, 0.29) is 18.5 Å². The SMILES string of the molecule is [N-]=[N+]=NCC(O)C[C@@H]1CCCCC[C@@H]1N=[N+]=[N-]. The summed E-state index contributed by atoms with van der Waals surface area (Å²) in [4.78, 5) is 5.51. The van der Waals surface area contributed by atoms with Crippen molar-refractivity contribution in [1.29, 1.82) is 0 Å². The normalized spacial score (nSPS) is 26.2. The van der Waals surface area contributed by atoms with Gasteiger partial charge in [-0.2, -0.15) is 0 Å². The van der Waals surface area contributed by atoms with Gasteiger partial charge in [-0.25, -0.2) is 0 Å². The van der Waals surface area contributed by atoms with Gasteiger partial charge >= 0.3 is 0 Å². The van der Waals surface area contributed by atoms with Gasteiger partial charge in [-0.05, 0) is 36.2 Å². The Labute approximate surface area is 100 Å². The van der Waals surface area contributed by atoms with Crippen LogP contribution in [0, 0.1) is 5.92 Å². The van der Waals surface area contributed by atoms with Crippen molar-refractivity contribution < 1.29 is 5.11 Å². The zero-order valence-electron chi connectivity index (χ0n) is 9.81. The number of nitrogens with zero attached hydrogens (tertiary/aromatic N) is 6. The molecule has 94 valence electrons. The van der Waals surface area contributed by atoms with Crippen molar-refractivity contribution in [3.63, 3.8) is 0 Å². The molecule has 0 heterocycles. The first-order valence-electron chi connectivity index (χ1n) is 6.01. The van der Waals surface area contributed by atoms with Gasteiger partial charge in [0.25, 0.3) is 0 Å². The molecular weight excluding hydrogens is 220 g/mol. The first kappa shape index (κ1) is 13.6. The summed E-state index contributed by atoms with van der Waals surface area (Å²) >= 11 is 0. The van der Waals surface area contributed by atoms with Gasteiger partial charge in [0.15, 0.2) is 0 Å². The summed E-state index contributed by atoms with van der Waals surface area (Å²) in [6, 6.07) is -0.0248. The Morgan fingerprint density at radius 1 is 1.18 bits per heavy atom. The van der Waals surface area contributed by atoms with Crippen molar-refractivity contribution in [3.05, 3.63) is 20.9 Å². The molecule has 3 atom stereocenters. The second kappa shape index (κ2) is 7.79. The third-order valence-electron chi connectivity index (χ3n) is 3.25. The maximum atomic E-state index is 9.71. The van der Waals surface area contributed by atoms with Crippen LogP contribution >= 0.6 is 0 Å². The van der Waals surface area contributed by atoms with Crippen molar-refractivity contribution in [2.45, 2.75) is 50.7 Å². The minimum absolute atomic E-state index is 0.0248. The van der Waals surface area contributed by atoms with Crippen molar-refractivity contribution in [2.24, 2.45) is 16.1 Å². The lowest BCUT2D eigenvalue weighted by atomic mass is 9.90. The van der Waals surface area contributed by atoms with E-state index in [0.717, 1.165) is 32.1 Å². The van der Waals surface area contributed by atoms with E-state index in [0.29, 0.717) is 6.42 Å². The molecule has 1 N–H and O–H groups in total. The van der Waals surface area contributed by atoms with Gasteiger partial charge in [-0.1, -0.05) is 29.5 Å². The van der Waals surface area contributed by atoms with E-state index in [4.69, 9.17) is 11.1 Å². The van der Waals surface area contributed by atoms with Gasteiger partial charge in [0.1, 0.15) is 0 Å². The molecule has 0 bridgehead atoms. The summed E-state index contributed by atoms with van der Waals surface area (Å²) in [7, 11) is 0. The Morgan fingerprint density at radius 2 is 1.94 bits per heavy atom. The van der Waals surface area contributed by atoms with E-state index in [1.165, 1.54) is 0 Å². The van der Waals surface area contributed by atoms with Gasteiger partial charge in [-0.3, -0.25) is 0 Å². The molecule has 1 fully saturated rings. The van der Waals surface area contributed by atoms with Crippen molar-refractivity contribution >= 4 is 0 Å². The van der Waals surface area contributed by atoms with Crippen LogP contribution in [0.5, 0.6) is 0 Å². The highest BCUT2D eigenvalue weighted by atomic mass is 16.3. The van der Waals surface area contributed by atoms with Crippen LogP contribution in [-0.4, -0.2) is 23.8 Å². The Hall–Kier alpha value is -1.42. The maximum absolute atomic E-state index is 9.71. The monoisotopic (exact) mass is 238 g/mol. The minimum Gasteiger partial charge on any atom is -0.393 e. The summed E-state index contributed by atoms with van der Waals surface area (Å²) in [6.07, 6.45) is 5.11. The molecule has 1 aliphatic rings. The summed E-state index contributed by atoms with van der Waals surface area (Å²) in [5, 5.41) is 16.9. The standard InChI is InChI=1S/C10H18N6O/c11-15-13-7-9(17)6-8-4-2-1-3-5-10(8)14-16-12/h8-10,17H,1-7H2/t8-,9?,10-/m0/s1. The van der Waals surface area contributed by atoms with Gasteiger partial charge in [0.2, 0.25) is 0 Å². The molecule has 0 radical (unpaired) electrons. The van der Waals surface area contributed by atoms with E-state index in [9.17, 15) is 5.11 Å². The number of hydrogen-bond donors (Lipinski definition) is 1. The highest BCUT2D eigenvalue weighted by Crippen LogP contribution is 2.29. The van der Waals surface area contributed by atoms with Crippen LogP contribution in [0.15, 0.2) is 10.2 Å². The van der Waals surface area contributed by atoms with E-state index in [1.54, 1.807) is 0 Å². The molecule has 1 saturated carbocycles. The first-order chi connectivity index (χ1) is 8.27. The first-order valence-corrected chi connectivity index (χ1v) is 6.01. The molecule has 0 saturated heterocycles. The van der Waals surface area contributed by atoms with Gasteiger partial charge in [-0.15, -0.1) is 0 Å². The second-order valence-electron chi connectivity index (χ2n) is 4.47. The fourth-order valence-corrected chi connectivity index (χ4v) is 2.41. The third kappa shape index (κ3) is 4.95. The average Bonchev–Trinajstić information content (AvgIpc) is 2.53. The summed E-state index contributed by atoms with van der Waals surface area (Å²) in [5.74, 6) is 0.206. The number of aliphatic hydroxyl groups is 1.